The molecule has 0 aromatic carbocycles. The molecule has 4 atom stereocenters. The van der Waals surface area contributed by atoms with Crippen LogP contribution in [0.3, 0.4) is 0 Å². The maximum absolute atomic E-state index is 14.1. The smallest absolute Gasteiger partial charge is 0.108 e. The fourth-order valence-corrected chi connectivity index (χ4v) is 5.30. The molecule has 0 amide bonds. The Bertz CT molecular complexity index is 300. The van der Waals surface area contributed by atoms with Crippen LogP contribution in [0, 0.1) is 17.8 Å². The van der Waals surface area contributed by atoms with Crippen molar-refractivity contribution in [1.29, 1.82) is 0 Å². The molecule has 0 spiro atoms. The van der Waals surface area contributed by atoms with E-state index in [1.54, 1.807) is 4.90 Å². The molecule has 21 heavy (non-hydrogen) atoms. The zero-order valence-electron chi connectivity index (χ0n) is 13.8. The largest absolute Gasteiger partial charge is 0.334 e. The van der Waals surface area contributed by atoms with Crippen LogP contribution in [-0.4, -0.2) is 25.8 Å². The van der Waals surface area contributed by atoms with E-state index in [0.29, 0.717) is 5.92 Å². The molecule has 4 unspecified atom stereocenters. The third-order valence-corrected chi connectivity index (χ3v) is 6.48. The van der Waals surface area contributed by atoms with Gasteiger partial charge in [0.1, 0.15) is 6.17 Å². The molecule has 1 nitrogen and oxygen atoms in total. The highest BCUT2D eigenvalue weighted by atomic mass is 19.1. The number of likely N-dealkylation sites (tertiary alicyclic amines) is 1. The van der Waals surface area contributed by atoms with Crippen LogP contribution in [-0.2, 0) is 0 Å². The van der Waals surface area contributed by atoms with E-state index in [4.69, 9.17) is 0 Å². The topological polar surface area (TPSA) is 4.44 Å². The molecule has 2 heteroatoms. The number of piperidine rings is 1. The van der Waals surface area contributed by atoms with Gasteiger partial charge in [0.15, 0.2) is 0 Å². The van der Waals surface area contributed by atoms with Gasteiger partial charge in [-0.2, -0.15) is 0 Å². The van der Waals surface area contributed by atoms with Crippen LogP contribution in [0.25, 0.3) is 0 Å². The number of halogens is 1. The molecule has 0 bridgehead atoms. The van der Waals surface area contributed by atoms with Crippen LogP contribution in [0.5, 0.6) is 0 Å². The summed E-state index contributed by atoms with van der Waals surface area (Å²) in [5.41, 5.74) is 0. The number of hydrogen-bond donors (Lipinski definition) is 1. The predicted molar refractivity (Wildman–Crippen MR) is 86.3 cm³/mol. The van der Waals surface area contributed by atoms with Crippen LogP contribution in [0.1, 0.15) is 77.0 Å². The highest BCUT2D eigenvalue weighted by molar-refractivity contribution is 4.76. The van der Waals surface area contributed by atoms with E-state index in [2.05, 4.69) is 0 Å². The van der Waals surface area contributed by atoms with Gasteiger partial charge in [-0.25, -0.2) is 4.39 Å². The average Bonchev–Trinajstić information content (AvgIpc) is 2.51. The Morgan fingerprint density at radius 3 is 2.29 bits per heavy atom. The molecular weight excluding hydrogens is 261 g/mol. The number of rotatable bonds is 4. The van der Waals surface area contributed by atoms with Crippen LogP contribution < -0.4 is 4.90 Å². The van der Waals surface area contributed by atoms with Gasteiger partial charge in [0, 0.05) is 11.8 Å². The first-order chi connectivity index (χ1) is 10.3. The SMILES string of the molecule is FC1CCCCC1C[NH+]1CCCC(CC2CCCCC2)C1. The normalized spacial score (nSPS) is 39.3. The minimum Gasteiger partial charge on any atom is -0.334 e. The lowest BCUT2D eigenvalue weighted by atomic mass is 9.80. The van der Waals surface area contributed by atoms with E-state index in [9.17, 15) is 4.39 Å². The minimum absolute atomic E-state index is 0.377. The average molecular weight is 296 g/mol. The van der Waals surface area contributed by atoms with Gasteiger partial charge < -0.3 is 4.90 Å². The van der Waals surface area contributed by atoms with Gasteiger partial charge in [0.05, 0.1) is 19.6 Å². The Labute approximate surface area is 130 Å². The van der Waals surface area contributed by atoms with Crippen LogP contribution in [0.4, 0.5) is 4.39 Å². The summed E-state index contributed by atoms with van der Waals surface area (Å²) in [5, 5.41) is 0. The fraction of sp³-hybridized carbons (Fsp3) is 1.00. The summed E-state index contributed by atoms with van der Waals surface area (Å²) < 4.78 is 14.1. The molecule has 122 valence electrons. The van der Waals surface area contributed by atoms with E-state index in [1.165, 1.54) is 70.9 Å². The first kappa shape index (κ1) is 15.8. The summed E-state index contributed by atoms with van der Waals surface area (Å²) in [6.07, 6.45) is 15.6. The summed E-state index contributed by atoms with van der Waals surface area (Å²) in [5.74, 6) is 2.34. The molecule has 1 heterocycles. The maximum Gasteiger partial charge on any atom is 0.108 e. The van der Waals surface area contributed by atoms with Gasteiger partial charge in [-0.3, -0.25) is 0 Å². The molecule has 1 aliphatic heterocycles. The van der Waals surface area contributed by atoms with Crippen LogP contribution in [0.15, 0.2) is 0 Å². The maximum atomic E-state index is 14.1. The third-order valence-electron chi connectivity index (χ3n) is 6.48. The second-order valence-electron chi connectivity index (χ2n) is 8.22. The van der Waals surface area contributed by atoms with Gasteiger partial charge >= 0.3 is 0 Å². The Kier molecular flexibility index (Phi) is 5.97. The standard InChI is InChI=1S/C19H34FN/c20-19-11-5-4-10-18(19)15-21-12-6-9-17(14-21)13-16-7-2-1-3-8-16/h16-19H,1-15H2/p+1. The number of nitrogens with one attached hydrogen (secondary N) is 1. The Morgan fingerprint density at radius 1 is 0.762 bits per heavy atom. The van der Waals surface area contributed by atoms with Crippen LogP contribution >= 0.6 is 0 Å². The quantitative estimate of drug-likeness (QED) is 0.805. The van der Waals surface area contributed by atoms with Gasteiger partial charge in [0.2, 0.25) is 0 Å². The van der Waals surface area contributed by atoms with Crippen molar-refractivity contribution in [1.82, 2.24) is 0 Å². The third kappa shape index (κ3) is 4.68. The summed E-state index contributed by atoms with van der Waals surface area (Å²) in [7, 11) is 0. The lowest BCUT2D eigenvalue weighted by Crippen LogP contribution is -3.14. The van der Waals surface area contributed by atoms with E-state index in [0.717, 1.165) is 37.6 Å². The summed E-state index contributed by atoms with van der Waals surface area (Å²) in [4.78, 5) is 1.73. The van der Waals surface area contributed by atoms with E-state index in [1.807, 2.05) is 0 Å². The number of quaternary nitrogens is 1. The van der Waals surface area contributed by atoms with E-state index >= 15 is 0 Å². The number of hydrogen-bond acceptors (Lipinski definition) is 0. The highest BCUT2D eigenvalue weighted by Crippen LogP contribution is 2.31. The van der Waals surface area contributed by atoms with Crippen molar-refractivity contribution in [3.63, 3.8) is 0 Å². The minimum atomic E-state index is -0.495. The molecule has 0 aromatic heterocycles. The van der Waals surface area contributed by atoms with E-state index < -0.39 is 6.17 Å². The van der Waals surface area contributed by atoms with Crippen molar-refractivity contribution in [3.8, 4) is 0 Å². The molecule has 0 aromatic rings. The van der Waals surface area contributed by atoms with Crippen molar-refractivity contribution >= 4 is 0 Å². The molecule has 1 saturated heterocycles. The molecule has 2 saturated carbocycles. The molecular formula is C19H35FN+. The lowest BCUT2D eigenvalue weighted by molar-refractivity contribution is -0.912. The number of alkyl halides is 1. The van der Waals surface area contributed by atoms with Gasteiger partial charge in [-0.1, -0.05) is 44.9 Å². The first-order valence-electron chi connectivity index (χ1n) is 9.79. The molecule has 3 aliphatic rings. The second-order valence-corrected chi connectivity index (χ2v) is 8.22. The van der Waals surface area contributed by atoms with Crippen molar-refractivity contribution in [2.75, 3.05) is 19.6 Å². The highest BCUT2D eigenvalue weighted by Gasteiger charge is 2.32. The predicted octanol–water partition coefficient (Wildman–Crippen LogP) is 3.78. The Morgan fingerprint density at radius 2 is 1.48 bits per heavy atom. The summed E-state index contributed by atoms with van der Waals surface area (Å²) in [6, 6.07) is 0. The summed E-state index contributed by atoms with van der Waals surface area (Å²) >= 11 is 0. The monoisotopic (exact) mass is 296 g/mol. The molecule has 3 rings (SSSR count). The molecule has 0 radical (unpaired) electrons. The van der Waals surface area contributed by atoms with Crippen molar-refractivity contribution in [3.05, 3.63) is 0 Å². The van der Waals surface area contributed by atoms with E-state index in [-0.39, 0.29) is 0 Å². The second kappa shape index (κ2) is 7.94. The zero-order valence-corrected chi connectivity index (χ0v) is 13.8. The van der Waals surface area contributed by atoms with Crippen molar-refractivity contribution in [2.24, 2.45) is 17.8 Å². The zero-order chi connectivity index (χ0) is 14.5. The molecule has 3 fully saturated rings. The van der Waals surface area contributed by atoms with Crippen LogP contribution in [0.2, 0.25) is 0 Å². The fourth-order valence-electron chi connectivity index (χ4n) is 5.30. The van der Waals surface area contributed by atoms with Gasteiger partial charge in [-0.15, -0.1) is 0 Å². The summed E-state index contributed by atoms with van der Waals surface area (Å²) in [6.45, 7) is 3.78. The lowest BCUT2D eigenvalue weighted by Gasteiger charge is -2.36. The first-order valence-corrected chi connectivity index (χ1v) is 9.79. The molecule has 1 N–H and O–H groups in total. The van der Waals surface area contributed by atoms with Gasteiger partial charge in [0.25, 0.3) is 0 Å². The van der Waals surface area contributed by atoms with Crippen molar-refractivity contribution < 1.29 is 9.29 Å². The Hall–Kier alpha value is -0.110. The van der Waals surface area contributed by atoms with Crippen molar-refractivity contribution in [2.45, 2.75) is 83.2 Å². The Balaban J connectivity index is 1.44. The molecule has 2 aliphatic carbocycles. The van der Waals surface area contributed by atoms with Gasteiger partial charge in [-0.05, 0) is 38.0 Å².